The van der Waals surface area contributed by atoms with Crippen LogP contribution >= 0.6 is 0 Å². The Bertz CT molecular complexity index is 621. The van der Waals surface area contributed by atoms with Crippen LogP contribution in [-0.2, 0) is 0 Å². The Balaban J connectivity index is 1.37. The van der Waals surface area contributed by atoms with Gasteiger partial charge in [-0.05, 0) is 43.9 Å². The van der Waals surface area contributed by atoms with E-state index in [4.69, 9.17) is 4.42 Å². The molecule has 122 valence electrons. The van der Waals surface area contributed by atoms with Gasteiger partial charge in [-0.1, -0.05) is 19.3 Å². The van der Waals surface area contributed by atoms with Gasteiger partial charge < -0.3 is 9.32 Å². The molecule has 2 fully saturated rings. The third kappa shape index (κ3) is 3.44. The summed E-state index contributed by atoms with van der Waals surface area (Å²) >= 11 is 0. The predicted molar refractivity (Wildman–Crippen MR) is 87.9 cm³/mol. The highest BCUT2D eigenvalue weighted by atomic mass is 16.4. The summed E-state index contributed by atoms with van der Waals surface area (Å²) in [6.45, 7) is 3.48. The first-order valence-corrected chi connectivity index (χ1v) is 8.84. The highest BCUT2D eigenvalue weighted by Gasteiger charge is 2.29. The number of hydrogen-bond acceptors (Lipinski definition) is 5. The number of pyridine rings is 1. The van der Waals surface area contributed by atoms with Crippen molar-refractivity contribution in [3.63, 3.8) is 0 Å². The number of nitrogens with zero attached hydrogens (tertiary/aromatic N) is 4. The van der Waals surface area contributed by atoms with Gasteiger partial charge in [0.05, 0.1) is 5.92 Å². The van der Waals surface area contributed by atoms with Crippen LogP contribution in [0.2, 0.25) is 0 Å². The van der Waals surface area contributed by atoms with Crippen molar-refractivity contribution in [3.8, 4) is 11.5 Å². The van der Waals surface area contributed by atoms with Crippen LogP contribution in [0, 0.1) is 5.92 Å². The van der Waals surface area contributed by atoms with Crippen molar-refractivity contribution in [1.82, 2.24) is 20.1 Å². The largest absolute Gasteiger partial charge is 0.420 e. The Morgan fingerprint density at radius 3 is 2.70 bits per heavy atom. The zero-order chi connectivity index (χ0) is 15.5. The standard InChI is InChI=1S/C18H24N4O/c1-2-4-14(5-3-1)12-22-11-8-16(13-22)18-21-20-17(23-18)15-6-9-19-10-7-15/h6-7,9-10,14,16H,1-5,8,11-13H2. The lowest BCUT2D eigenvalue weighted by molar-refractivity contribution is 0.230. The van der Waals surface area contributed by atoms with Gasteiger partial charge in [0.2, 0.25) is 11.8 Å². The summed E-state index contributed by atoms with van der Waals surface area (Å²) in [4.78, 5) is 6.62. The van der Waals surface area contributed by atoms with Gasteiger partial charge >= 0.3 is 0 Å². The van der Waals surface area contributed by atoms with Gasteiger partial charge in [-0.25, -0.2) is 0 Å². The van der Waals surface area contributed by atoms with E-state index >= 15 is 0 Å². The summed E-state index contributed by atoms with van der Waals surface area (Å²) in [6.07, 6.45) is 11.7. The quantitative estimate of drug-likeness (QED) is 0.865. The Morgan fingerprint density at radius 2 is 1.87 bits per heavy atom. The number of likely N-dealkylation sites (tertiary alicyclic amines) is 1. The molecule has 0 spiro atoms. The number of hydrogen-bond donors (Lipinski definition) is 0. The molecular weight excluding hydrogens is 288 g/mol. The number of rotatable bonds is 4. The van der Waals surface area contributed by atoms with Crippen LogP contribution in [0.5, 0.6) is 0 Å². The third-order valence-corrected chi connectivity index (χ3v) is 5.23. The molecule has 1 aliphatic carbocycles. The second-order valence-corrected chi connectivity index (χ2v) is 6.93. The van der Waals surface area contributed by atoms with E-state index in [0.717, 1.165) is 36.9 Å². The highest BCUT2D eigenvalue weighted by molar-refractivity contribution is 5.50. The van der Waals surface area contributed by atoms with E-state index in [0.29, 0.717) is 11.8 Å². The maximum Gasteiger partial charge on any atom is 0.247 e. The van der Waals surface area contributed by atoms with Gasteiger partial charge in [-0.15, -0.1) is 10.2 Å². The topological polar surface area (TPSA) is 55.1 Å². The number of aromatic nitrogens is 3. The summed E-state index contributed by atoms with van der Waals surface area (Å²) in [7, 11) is 0. The Morgan fingerprint density at radius 1 is 1.04 bits per heavy atom. The predicted octanol–water partition coefficient (Wildman–Crippen LogP) is 3.50. The SMILES string of the molecule is c1cc(-c2nnc(C3CCN(CC4CCCCC4)C3)o2)ccn1. The normalized spacial score (nSPS) is 23.4. The van der Waals surface area contributed by atoms with Crippen molar-refractivity contribution >= 4 is 0 Å². The van der Waals surface area contributed by atoms with Crippen LogP contribution in [0.3, 0.4) is 0 Å². The van der Waals surface area contributed by atoms with E-state index in [1.165, 1.54) is 38.6 Å². The molecule has 2 aromatic rings. The smallest absolute Gasteiger partial charge is 0.247 e. The van der Waals surface area contributed by atoms with Gasteiger partial charge in [0, 0.05) is 31.0 Å². The van der Waals surface area contributed by atoms with Gasteiger partial charge in [0.15, 0.2) is 0 Å². The Kier molecular flexibility index (Phi) is 4.37. The highest BCUT2D eigenvalue weighted by Crippen LogP contribution is 2.31. The second-order valence-electron chi connectivity index (χ2n) is 6.93. The molecule has 5 heteroatoms. The van der Waals surface area contributed by atoms with Crippen LogP contribution < -0.4 is 0 Å². The fourth-order valence-corrected chi connectivity index (χ4v) is 3.95. The summed E-state index contributed by atoms with van der Waals surface area (Å²) in [5.41, 5.74) is 0.941. The molecule has 0 radical (unpaired) electrons. The summed E-state index contributed by atoms with van der Waals surface area (Å²) in [6, 6.07) is 3.81. The summed E-state index contributed by atoms with van der Waals surface area (Å²) in [5, 5.41) is 8.50. The van der Waals surface area contributed by atoms with Crippen molar-refractivity contribution in [1.29, 1.82) is 0 Å². The average Bonchev–Trinajstić information content (AvgIpc) is 3.26. The van der Waals surface area contributed by atoms with Crippen LogP contribution in [0.1, 0.15) is 50.3 Å². The molecule has 23 heavy (non-hydrogen) atoms. The van der Waals surface area contributed by atoms with Gasteiger partial charge in [0.1, 0.15) is 0 Å². The van der Waals surface area contributed by atoms with E-state index in [1.807, 2.05) is 12.1 Å². The monoisotopic (exact) mass is 312 g/mol. The zero-order valence-corrected chi connectivity index (χ0v) is 13.5. The minimum absolute atomic E-state index is 0.390. The van der Waals surface area contributed by atoms with Gasteiger partial charge in [0.25, 0.3) is 0 Å². The van der Waals surface area contributed by atoms with E-state index in [9.17, 15) is 0 Å². The average molecular weight is 312 g/mol. The fraction of sp³-hybridized carbons (Fsp3) is 0.611. The maximum absolute atomic E-state index is 5.92. The van der Waals surface area contributed by atoms with E-state index in [1.54, 1.807) is 12.4 Å². The molecule has 0 aromatic carbocycles. The van der Waals surface area contributed by atoms with Crippen LogP contribution in [-0.4, -0.2) is 39.7 Å². The molecule has 0 N–H and O–H groups in total. The van der Waals surface area contributed by atoms with Crippen molar-refractivity contribution < 1.29 is 4.42 Å². The van der Waals surface area contributed by atoms with Crippen LogP contribution in [0.25, 0.3) is 11.5 Å². The lowest BCUT2D eigenvalue weighted by atomic mass is 9.89. The van der Waals surface area contributed by atoms with Crippen molar-refractivity contribution in [2.45, 2.75) is 44.4 Å². The second kappa shape index (κ2) is 6.79. The maximum atomic E-state index is 5.92. The molecule has 1 aliphatic heterocycles. The molecule has 0 amide bonds. The molecule has 1 unspecified atom stereocenters. The fourth-order valence-electron chi connectivity index (χ4n) is 3.95. The van der Waals surface area contributed by atoms with Crippen molar-refractivity contribution in [2.75, 3.05) is 19.6 Å². The Labute approximate surface area is 137 Å². The molecule has 1 saturated carbocycles. The van der Waals surface area contributed by atoms with E-state index < -0.39 is 0 Å². The molecule has 0 bridgehead atoms. The third-order valence-electron chi connectivity index (χ3n) is 5.23. The molecule has 3 heterocycles. The van der Waals surface area contributed by atoms with Crippen molar-refractivity contribution in [3.05, 3.63) is 30.4 Å². The van der Waals surface area contributed by atoms with Crippen molar-refractivity contribution in [2.24, 2.45) is 5.92 Å². The summed E-state index contributed by atoms with van der Waals surface area (Å²) in [5.74, 6) is 2.69. The lowest BCUT2D eigenvalue weighted by Gasteiger charge is -2.26. The van der Waals surface area contributed by atoms with E-state index in [2.05, 4.69) is 20.1 Å². The molecule has 5 nitrogen and oxygen atoms in total. The minimum Gasteiger partial charge on any atom is -0.420 e. The Hall–Kier alpha value is -1.75. The first-order chi connectivity index (χ1) is 11.4. The van der Waals surface area contributed by atoms with Crippen LogP contribution in [0.15, 0.2) is 28.9 Å². The first kappa shape index (κ1) is 14.8. The van der Waals surface area contributed by atoms with Gasteiger partial charge in [-0.2, -0.15) is 0 Å². The molecule has 4 rings (SSSR count). The van der Waals surface area contributed by atoms with Gasteiger partial charge in [-0.3, -0.25) is 4.98 Å². The van der Waals surface area contributed by atoms with Crippen LogP contribution in [0.4, 0.5) is 0 Å². The molecule has 1 saturated heterocycles. The molecule has 2 aromatic heterocycles. The minimum atomic E-state index is 0.390. The molecular formula is C18H24N4O. The molecule has 2 aliphatic rings. The summed E-state index contributed by atoms with van der Waals surface area (Å²) < 4.78 is 5.92. The van der Waals surface area contributed by atoms with E-state index in [-0.39, 0.29) is 0 Å². The first-order valence-electron chi connectivity index (χ1n) is 8.84. The zero-order valence-electron chi connectivity index (χ0n) is 13.5. The lowest BCUT2D eigenvalue weighted by Crippen LogP contribution is -2.28. The molecule has 1 atom stereocenters.